The highest BCUT2D eigenvalue weighted by Gasteiger charge is 2.16. The molecule has 3 N–H and O–H groups in total. The quantitative estimate of drug-likeness (QED) is 0.631. The van der Waals surface area contributed by atoms with Gasteiger partial charge in [-0.05, 0) is 24.6 Å². The summed E-state index contributed by atoms with van der Waals surface area (Å²) in [5.74, 6) is 0.431. The third kappa shape index (κ3) is 6.55. The van der Waals surface area contributed by atoms with E-state index < -0.39 is 0 Å². The maximum Gasteiger partial charge on any atom is 0.257 e. The van der Waals surface area contributed by atoms with Gasteiger partial charge in [-0.1, -0.05) is 12.1 Å². The minimum absolute atomic E-state index is 0.0169. The summed E-state index contributed by atoms with van der Waals surface area (Å²) >= 11 is 0. The minimum Gasteiger partial charge on any atom is -0.484 e. The zero-order valence-corrected chi connectivity index (χ0v) is 14.0. The number of amides is 2. The number of rotatable bonds is 8. The summed E-state index contributed by atoms with van der Waals surface area (Å²) in [6.45, 7) is 4.88. The van der Waals surface area contributed by atoms with Gasteiger partial charge in [-0.15, -0.1) is 0 Å². The van der Waals surface area contributed by atoms with Crippen LogP contribution < -0.4 is 20.7 Å². The molecule has 7 heteroatoms. The molecule has 0 bridgehead atoms. The van der Waals surface area contributed by atoms with Crippen molar-refractivity contribution >= 4 is 11.8 Å². The predicted octanol–water partition coefficient (Wildman–Crippen LogP) is 0.196. The lowest BCUT2D eigenvalue weighted by molar-refractivity contribution is -0.123. The summed E-state index contributed by atoms with van der Waals surface area (Å²) in [4.78, 5) is 23.4. The van der Waals surface area contributed by atoms with Crippen molar-refractivity contribution in [2.75, 3.05) is 32.9 Å². The van der Waals surface area contributed by atoms with Crippen molar-refractivity contribution in [3.63, 3.8) is 0 Å². The lowest BCUT2D eigenvalue weighted by atomic mass is 10.1. The van der Waals surface area contributed by atoms with E-state index in [-0.39, 0.29) is 24.5 Å². The first kappa shape index (κ1) is 18.2. The van der Waals surface area contributed by atoms with E-state index in [0.29, 0.717) is 38.5 Å². The molecule has 0 aromatic heterocycles. The average Bonchev–Trinajstić information content (AvgIpc) is 2.60. The molecule has 1 aliphatic rings. The van der Waals surface area contributed by atoms with Crippen LogP contribution >= 0.6 is 0 Å². The van der Waals surface area contributed by atoms with Crippen molar-refractivity contribution < 1.29 is 19.1 Å². The number of morpholine rings is 1. The monoisotopic (exact) mass is 335 g/mol. The maximum absolute atomic E-state index is 12.0. The van der Waals surface area contributed by atoms with Gasteiger partial charge in [0.1, 0.15) is 5.75 Å². The van der Waals surface area contributed by atoms with Gasteiger partial charge in [0.2, 0.25) is 5.91 Å². The molecule has 1 saturated heterocycles. The van der Waals surface area contributed by atoms with Crippen molar-refractivity contribution in [1.82, 2.24) is 16.0 Å². The topological polar surface area (TPSA) is 88.7 Å². The molecule has 0 spiro atoms. The molecular formula is C17H25N3O4. The zero-order chi connectivity index (χ0) is 17.2. The van der Waals surface area contributed by atoms with Crippen molar-refractivity contribution in [3.8, 4) is 5.75 Å². The van der Waals surface area contributed by atoms with Crippen molar-refractivity contribution in [2.24, 2.45) is 0 Å². The van der Waals surface area contributed by atoms with Crippen LogP contribution in [-0.2, 0) is 20.9 Å². The molecule has 1 unspecified atom stereocenters. The summed E-state index contributed by atoms with van der Waals surface area (Å²) < 4.78 is 10.8. The summed E-state index contributed by atoms with van der Waals surface area (Å²) in [7, 11) is 0. The van der Waals surface area contributed by atoms with Crippen LogP contribution in [0.2, 0.25) is 0 Å². The van der Waals surface area contributed by atoms with Gasteiger partial charge in [0.25, 0.3) is 5.91 Å². The number of likely N-dealkylation sites (N-methyl/N-ethyl adjacent to an activating group) is 1. The Kier molecular flexibility index (Phi) is 7.51. The molecule has 1 atom stereocenters. The van der Waals surface area contributed by atoms with E-state index in [2.05, 4.69) is 16.0 Å². The van der Waals surface area contributed by atoms with Crippen LogP contribution in [0.3, 0.4) is 0 Å². The van der Waals surface area contributed by atoms with E-state index in [4.69, 9.17) is 9.47 Å². The summed E-state index contributed by atoms with van der Waals surface area (Å²) in [6, 6.07) is 7.42. The maximum atomic E-state index is 12.0. The fraction of sp³-hybridized carbons (Fsp3) is 0.529. The van der Waals surface area contributed by atoms with Crippen molar-refractivity contribution in [3.05, 3.63) is 29.8 Å². The van der Waals surface area contributed by atoms with E-state index >= 15 is 0 Å². The Labute approximate surface area is 142 Å². The Morgan fingerprint density at radius 2 is 2.21 bits per heavy atom. The molecular weight excluding hydrogens is 310 g/mol. The second-order valence-electron chi connectivity index (χ2n) is 5.60. The standard InChI is InChI=1S/C17H25N3O4/c1-2-18-17(22)12-24-15-5-3-4-13(8-15)10-20-16(21)9-14-11-23-7-6-19-14/h3-5,8,14,19H,2,6-7,9-12H2,1H3,(H,18,22)(H,20,21). The third-order valence-corrected chi connectivity index (χ3v) is 3.56. The van der Waals surface area contributed by atoms with Crippen molar-refractivity contribution in [2.45, 2.75) is 25.9 Å². The molecule has 1 heterocycles. The third-order valence-electron chi connectivity index (χ3n) is 3.56. The lowest BCUT2D eigenvalue weighted by Crippen LogP contribution is -2.44. The van der Waals surface area contributed by atoms with Crippen molar-refractivity contribution in [1.29, 1.82) is 0 Å². The number of nitrogens with one attached hydrogen (secondary N) is 3. The van der Waals surface area contributed by atoms with Gasteiger partial charge in [0.15, 0.2) is 6.61 Å². The molecule has 24 heavy (non-hydrogen) atoms. The molecule has 0 saturated carbocycles. The van der Waals surface area contributed by atoms with E-state index in [9.17, 15) is 9.59 Å². The second-order valence-corrected chi connectivity index (χ2v) is 5.60. The fourth-order valence-electron chi connectivity index (χ4n) is 2.39. The highest BCUT2D eigenvalue weighted by molar-refractivity contribution is 5.77. The highest BCUT2D eigenvalue weighted by Crippen LogP contribution is 2.13. The van der Waals surface area contributed by atoms with Crippen LogP contribution in [0.1, 0.15) is 18.9 Å². The second kappa shape index (κ2) is 9.89. The van der Waals surface area contributed by atoms with Crippen LogP contribution in [0.5, 0.6) is 5.75 Å². The van der Waals surface area contributed by atoms with E-state index in [1.807, 2.05) is 25.1 Å². The molecule has 1 fully saturated rings. The largest absolute Gasteiger partial charge is 0.484 e. The van der Waals surface area contributed by atoms with E-state index in [1.54, 1.807) is 6.07 Å². The van der Waals surface area contributed by atoms with E-state index in [1.165, 1.54) is 0 Å². The zero-order valence-electron chi connectivity index (χ0n) is 14.0. The SMILES string of the molecule is CCNC(=O)COc1cccc(CNC(=O)CC2COCCN2)c1. The predicted molar refractivity (Wildman–Crippen MR) is 89.7 cm³/mol. The Hall–Kier alpha value is -2.12. The van der Waals surface area contributed by atoms with Gasteiger partial charge in [0.05, 0.1) is 13.2 Å². The summed E-state index contributed by atoms with van der Waals surface area (Å²) in [5.41, 5.74) is 0.921. The Balaban J connectivity index is 1.74. The molecule has 1 aromatic carbocycles. The fourth-order valence-corrected chi connectivity index (χ4v) is 2.39. The molecule has 132 valence electrons. The molecule has 0 radical (unpaired) electrons. The number of ether oxygens (including phenoxy) is 2. The Bertz CT molecular complexity index is 544. The lowest BCUT2D eigenvalue weighted by Gasteiger charge is -2.23. The van der Waals surface area contributed by atoms with Crippen LogP contribution in [0.25, 0.3) is 0 Å². The number of benzene rings is 1. The van der Waals surface area contributed by atoms with Gasteiger partial charge in [-0.3, -0.25) is 9.59 Å². The normalized spacial score (nSPS) is 17.1. The number of hydrogen-bond donors (Lipinski definition) is 3. The molecule has 1 aliphatic heterocycles. The summed E-state index contributed by atoms with van der Waals surface area (Å²) in [6.07, 6.45) is 0.396. The first-order valence-corrected chi connectivity index (χ1v) is 8.23. The van der Waals surface area contributed by atoms with Crippen LogP contribution in [0.4, 0.5) is 0 Å². The van der Waals surface area contributed by atoms with Gasteiger partial charge in [-0.25, -0.2) is 0 Å². The molecule has 7 nitrogen and oxygen atoms in total. The first-order valence-electron chi connectivity index (χ1n) is 8.23. The highest BCUT2D eigenvalue weighted by atomic mass is 16.5. The van der Waals surface area contributed by atoms with Gasteiger partial charge < -0.3 is 25.4 Å². The average molecular weight is 335 g/mol. The van der Waals surface area contributed by atoms with Gasteiger partial charge in [-0.2, -0.15) is 0 Å². The molecule has 2 rings (SSSR count). The Morgan fingerprint density at radius 1 is 1.33 bits per heavy atom. The van der Waals surface area contributed by atoms with Crippen LogP contribution in [0, 0.1) is 0 Å². The smallest absolute Gasteiger partial charge is 0.257 e. The van der Waals surface area contributed by atoms with Crippen LogP contribution in [-0.4, -0.2) is 50.8 Å². The van der Waals surface area contributed by atoms with Gasteiger partial charge >= 0.3 is 0 Å². The number of carbonyl (C=O) groups excluding carboxylic acids is 2. The first-order chi connectivity index (χ1) is 11.7. The van der Waals surface area contributed by atoms with Gasteiger partial charge in [0, 0.05) is 32.1 Å². The summed E-state index contributed by atoms with van der Waals surface area (Å²) in [5, 5.41) is 8.81. The molecule has 0 aliphatic carbocycles. The van der Waals surface area contributed by atoms with E-state index in [0.717, 1.165) is 12.1 Å². The number of hydrogen-bond acceptors (Lipinski definition) is 5. The Morgan fingerprint density at radius 3 is 2.96 bits per heavy atom. The molecule has 1 aromatic rings. The molecule has 2 amide bonds. The minimum atomic E-state index is -0.154. The van der Waals surface area contributed by atoms with Crippen LogP contribution in [0.15, 0.2) is 24.3 Å². The number of carbonyl (C=O) groups is 2.